The number of aromatic hydroxyl groups is 1. The lowest BCUT2D eigenvalue weighted by Crippen LogP contribution is -2.22. The van der Waals surface area contributed by atoms with Gasteiger partial charge in [0, 0.05) is 0 Å². The first-order valence-electron chi connectivity index (χ1n) is 5.70. The number of hydrogen-bond acceptors (Lipinski definition) is 3. The molecule has 0 spiro atoms. The van der Waals surface area contributed by atoms with Crippen molar-refractivity contribution < 1.29 is 14.9 Å². The van der Waals surface area contributed by atoms with Gasteiger partial charge in [-0.25, -0.2) is 0 Å². The molecule has 0 aliphatic carbocycles. The van der Waals surface area contributed by atoms with Crippen LogP contribution in [-0.2, 0) is 5.60 Å². The third-order valence-corrected chi connectivity index (χ3v) is 3.08. The topological polar surface area (TPSA) is 49.7 Å². The molecule has 2 aromatic rings. The van der Waals surface area contributed by atoms with Gasteiger partial charge in [0.1, 0.15) is 17.1 Å². The summed E-state index contributed by atoms with van der Waals surface area (Å²) in [6, 6.07) is 13.8. The summed E-state index contributed by atoms with van der Waals surface area (Å²) in [5.41, 5.74) is 0.402. The van der Waals surface area contributed by atoms with Crippen molar-refractivity contribution in [3.05, 3.63) is 59.7 Å². The normalized spacial score (nSPS) is 13.9. The number of aliphatic hydroxyl groups is 1. The third kappa shape index (κ3) is 2.31. The monoisotopic (exact) mass is 244 g/mol. The standard InChI is InChI=1S/C15H16O3/c1-15(17,11-3-7-13(16)8-4-11)12-5-9-14(18-2)10-6-12/h3-10,16-17H,1-2H3. The lowest BCUT2D eigenvalue weighted by atomic mass is 9.88. The van der Waals surface area contributed by atoms with Crippen LogP contribution in [0, 0.1) is 0 Å². The van der Waals surface area contributed by atoms with Crippen molar-refractivity contribution in [2.24, 2.45) is 0 Å². The second-order valence-corrected chi connectivity index (χ2v) is 4.35. The van der Waals surface area contributed by atoms with Crippen molar-refractivity contribution in [2.75, 3.05) is 7.11 Å². The van der Waals surface area contributed by atoms with Gasteiger partial charge in [0.05, 0.1) is 7.11 Å². The van der Waals surface area contributed by atoms with Gasteiger partial charge >= 0.3 is 0 Å². The average molecular weight is 244 g/mol. The van der Waals surface area contributed by atoms with Crippen LogP contribution in [0.25, 0.3) is 0 Å². The number of phenols is 1. The Kier molecular flexibility index (Phi) is 3.26. The number of rotatable bonds is 3. The Morgan fingerprint density at radius 2 is 1.33 bits per heavy atom. The molecule has 0 aromatic heterocycles. The molecular formula is C15H16O3. The first-order valence-corrected chi connectivity index (χ1v) is 5.70. The lowest BCUT2D eigenvalue weighted by Gasteiger charge is -2.24. The minimum atomic E-state index is -1.10. The molecule has 1 unspecified atom stereocenters. The van der Waals surface area contributed by atoms with E-state index < -0.39 is 5.60 Å². The Bertz CT molecular complexity index is 512. The van der Waals surface area contributed by atoms with Crippen molar-refractivity contribution in [1.29, 1.82) is 0 Å². The fourth-order valence-corrected chi connectivity index (χ4v) is 1.87. The van der Waals surface area contributed by atoms with E-state index in [1.54, 1.807) is 38.3 Å². The summed E-state index contributed by atoms with van der Waals surface area (Å²) in [5.74, 6) is 0.935. The molecule has 1 atom stereocenters. The van der Waals surface area contributed by atoms with Crippen molar-refractivity contribution in [2.45, 2.75) is 12.5 Å². The van der Waals surface area contributed by atoms with Gasteiger partial charge in [0.25, 0.3) is 0 Å². The van der Waals surface area contributed by atoms with Crippen LogP contribution in [0.4, 0.5) is 0 Å². The summed E-state index contributed by atoms with van der Waals surface area (Å²) in [7, 11) is 1.60. The van der Waals surface area contributed by atoms with Gasteiger partial charge in [0.2, 0.25) is 0 Å². The van der Waals surface area contributed by atoms with Crippen molar-refractivity contribution in [3.8, 4) is 11.5 Å². The molecule has 2 rings (SSSR count). The predicted molar refractivity (Wildman–Crippen MR) is 69.8 cm³/mol. The third-order valence-electron chi connectivity index (χ3n) is 3.08. The summed E-state index contributed by atoms with van der Waals surface area (Å²) in [6.45, 7) is 1.72. The van der Waals surface area contributed by atoms with Gasteiger partial charge < -0.3 is 14.9 Å². The maximum absolute atomic E-state index is 10.6. The highest BCUT2D eigenvalue weighted by Gasteiger charge is 2.25. The van der Waals surface area contributed by atoms with Crippen LogP contribution in [0.2, 0.25) is 0 Å². The number of ether oxygens (including phenoxy) is 1. The van der Waals surface area contributed by atoms with Crippen LogP contribution in [0.3, 0.4) is 0 Å². The number of methoxy groups -OCH3 is 1. The van der Waals surface area contributed by atoms with Crippen molar-refractivity contribution in [3.63, 3.8) is 0 Å². The van der Waals surface area contributed by atoms with E-state index in [4.69, 9.17) is 4.74 Å². The minimum Gasteiger partial charge on any atom is -0.508 e. The molecular weight excluding hydrogens is 228 g/mol. The molecule has 0 heterocycles. The summed E-state index contributed by atoms with van der Waals surface area (Å²) in [6.07, 6.45) is 0. The van der Waals surface area contributed by atoms with Crippen LogP contribution in [0.1, 0.15) is 18.1 Å². The van der Waals surface area contributed by atoms with E-state index in [-0.39, 0.29) is 5.75 Å². The first-order chi connectivity index (χ1) is 8.54. The van der Waals surface area contributed by atoms with E-state index in [0.717, 1.165) is 16.9 Å². The van der Waals surface area contributed by atoms with E-state index in [2.05, 4.69) is 0 Å². The minimum absolute atomic E-state index is 0.185. The molecule has 0 bridgehead atoms. The van der Waals surface area contributed by atoms with Crippen LogP contribution < -0.4 is 4.74 Å². The molecule has 0 amide bonds. The lowest BCUT2D eigenvalue weighted by molar-refractivity contribution is 0.102. The number of phenolic OH excluding ortho intramolecular Hbond substituents is 1. The fourth-order valence-electron chi connectivity index (χ4n) is 1.87. The van der Waals surface area contributed by atoms with Crippen molar-refractivity contribution >= 4 is 0 Å². The zero-order chi connectivity index (χ0) is 13.2. The molecule has 3 heteroatoms. The number of benzene rings is 2. The Morgan fingerprint density at radius 3 is 1.78 bits per heavy atom. The highest BCUT2D eigenvalue weighted by atomic mass is 16.5. The highest BCUT2D eigenvalue weighted by molar-refractivity contribution is 5.39. The average Bonchev–Trinajstić information content (AvgIpc) is 2.39. The van der Waals surface area contributed by atoms with Crippen LogP contribution in [-0.4, -0.2) is 17.3 Å². The molecule has 0 aliphatic rings. The van der Waals surface area contributed by atoms with E-state index in [9.17, 15) is 10.2 Å². The Labute approximate surface area is 106 Å². The molecule has 3 nitrogen and oxygen atoms in total. The predicted octanol–water partition coefficient (Wildman–Crippen LogP) is 2.66. The molecule has 0 saturated carbocycles. The van der Waals surface area contributed by atoms with Gasteiger partial charge in [0.15, 0.2) is 0 Å². The molecule has 0 radical (unpaired) electrons. The molecule has 2 N–H and O–H groups in total. The maximum Gasteiger partial charge on any atom is 0.118 e. The molecule has 0 aliphatic heterocycles. The van der Waals surface area contributed by atoms with Gasteiger partial charge in [-0.15, -0.1) is 0 Å². The highest BCUT2D eigenvalue weighted by Crippen LogP contribution is 2.30. The zero-order valence-corrected chi connectivity index (χ0v) is 10.4. The van der Waals surface area contributed by atoms with E-state index in [1.807, 2.05) is 24.3 Å². The SMILES string of the molecule is COc1ccc(C(C)(O)c2ccc(O)cc2)cc1. The van der Waals surface area contributed by atoms with E-state index >= 15 is 0 Å². The maximum atomic E-state index is 10.6. The second-order valence-electron chi connectivity index (χ2n) is 4.35. The first kappa shape index (κ1) is 12.5. The molecule has 94 valence electrons. The van der Waals surface area contributed by atoms with Gasteiger partial charge in [-0.05, 0) is 42.3 Å². The van der Waals surface area contributed by atoms with E-state index in [0.29, 0.717) is 0 Å². The molecule has 0 fully saturated rings. The Balaban J connectivity index is 2.37. The molecule has 18 heavy (non-hydrogen) atoms. The smallest absolute Gasteiger partial charge is 0.118 e. The van der Waals surface area contributed by atoms with Crippen molar-refractivity contribution in [1.82, 2.24) is 0 Å². The summed E-state index contributed by atoms with van der Waals surface area (Å²) in [5, 5.41) is 19.9. The quantitative estimate of drug-likeness (QED) is 0.872. The fraction of sp³-hybridized carbons (Fsp3) is 0.200. The second kappa shape index (κ2) is 4.70. The zero-order valence-electron chi connectivity index (χ0n) is 10.4. The Hall–Kier alpha value is -2.00. The van der Waals surface area contributed by atoms with Gasteiger partial charge in [-0.1, -0.05) is 24.3 Å². The van der Waals surface area contributed by atoms with Crippen LogP contribution in [0.5, 0.6) is 11.5 Å². The largest absolute Gasteiger partial charge is 0.508 e. The van der Waals surface area contributed by atoms with Crippen LogP contribution in [0.15, 0.2) is 48.5 Å². The Morgan fingerprint density at radius 1 is 0.889 bits per heavy atom. The summed E-state index contributed by atoms with van der Waals surface area (Å²) < 4.78 is 5.09. The van der Waals surface area contributed by atoms with Gasteiger partial charge in [-0.3, -0.25) is 0 Å². The number of hydrogen-bond donors (Lipinski definition) is 2. The summed E-state index contributed by atoms with van der Waals surface area (Å²) in [4.78, 5) is 0. The molecule has 0 saturated heterocycles. The molecule has 2 aromatic carbocycles. The van der Waals surface area contributed by atoms with Gasteiger partial charge in [-0.2, -0.15) is 0 Å². The van der Waals surface area contributed by atoms with Crippen LogP contribution >= 0.6 is 0 Å². The van der Waals surface area contributed by atoms with E-state index in [1.165, 1.54) is 0 Å². The summed E-state index contributed by atoms with van der Waals surface area (Å²) >= 11 is 0.